The van der Waals surface area contributed by atoms with E-state index >= 15 is 0 Å². The molecule has 23 heavy (non-hydrogen) atoms. The lowest BCUT2D eigenvalue weighted by molar-refractivity contribution is 0.0822. The van der Waals surface area contributed by atoms with Crippen molar-refractivity contribution in [1.29, 1.82) is 0 Å². The maximum Gasteiger partial charge on any atom is 0.323 e. The van der Waals surface area contributed by atoms with Gasteiger partial charge in [0.25, 0.3) is 5.91 Å². The van der Waals surface area contributed by atoms with Gasteiger partial charge in [-0.3, -0.25) is 9.48 Å². The van der Waals surface area contributed by atoms with Gasteiger partial charge >= 0.3 is 6.03 Å². The zero-order chi connectivity index (χ0) is 17.1. The fraction of sp³-hybridized carbons (Fsp3) is 0.267. The number of hydrogen-bond donors (Lipinski definition) is 2. The largest absolute Gasteiger partial charge is 0.343 e. The maximum atomic E-state index is 12.2. The summed E-state index contributed by atoms with van der Waals surface area (Å²) in [6.07, 6.45) is 0. The number of nitrogens with one attached hydrogen (secondary N) is 2. The molecule has 3 amide bonds. The number of aryl methyl sites for hydroxylation is 1. The van der Waals surface area contributed by atoms with Crippen molar-refractivity contribution in [2.24, 2.45) is 7.05 Å². The second-order valence-corrected chi connectivity index (χ2v) is 5.60. The molecule has 0 aliphatic heterocycles. The van der Waals surface area contributed by atoms with Crippen molar-refractivity contribution in [1.82, 2.24) is 14.7 Å². The summed E-state index contributed by atoms with van der Waals surface area (Å²) in [7, 11) is 4.96. The Hall–Kier alpha value is -2.54. The number of para-hydroxylation sites is 1. The molecular weight excluding hydrogens is 318 g/mol. The van der Waals surface area contributed by atoms with Gasteiger partial charge in [0.2, 0.25) is 0 Å². The Kier molecular flexibility index (Phi) is 4.90. The highest BCUT2D eigenvalue weighted by molar-refractivity contribution is 6.33. The molecule has 0 aliphatic carbocycles. The molecule has 122 valence electrons. The number of benzene rings is 1. The average molecular weight is 336 g/mol. The Balaban J connectivity index is 2.24. The predicted molar refractivity (Wildman–Crippen MR) is 90.1 cm³/mol. The van der Waals surface area contributed by atoms with Crippen LogP contribution in [0.5, 0.6) is 0 Å². The number of amides is 3. The van der Waals surface area contributed by atoms with Crippen molar-refractivity contribution in [2.75, 3.05) is 24.7 Å². The summed E-state index contributed by atoms with van der Waals surface area (Å²) >= 11 is 6.01. The van der Waals surface area contributed by atoms with E-state index < -0.39 is 6.03 Å². The predicted octanol–water partition coefficient (Wildman–Crippen LogP) is 2.73. The molecule has 2 aromatic rings. The summed E-state index contributed by atoms with van der Waals surface area (Å²) in [5.74, 6) is -0.290. The fourth-order valence-electron chi connectivity index (χ4n) is 1.95. The number of carbonyl (C=O) groups is 2. The van der Waals surface area contributed by atoms with E-state index in [4.69, 9.17) is 11.6 Å². The SMILES string of the molecule is Cc1c(NC(=O)Nc2ccccc2Cl)c(C(=O)N(C)C)nn1C. The average Bonchev–Trinajstić information content (AvgIpc) is 2.77. The summed E-state index contributed by atoms with van der Waals surface area (Å²) in [5, 5.41) is 9.91. The van der Waals surface area contributed by atoms with Gasteiger partial charge in [0.15, 0.2) is 5.69 Å². The first-order chi connectivity index (χ1) is 10.8. The topological polar surface area (TPSA) is 79.3 Å². The van der Waals surface area contributed by atoms with Gasteiger partial charge < -0.3 is 15.5 Å². The Bertz CT molecular complexity index is 754. The number of rotatable bonds is 3. The van der Waals surface area contributed by atoms with E-state index in [9.17, 15) is 9.59 Å². The molecule has 0 atom stereocenters. The fourth-order valence-corrected chi connectivity index (χ4v) is 2.13. The summed E-state index contributed by atoms with van der Waals surface area (Å²) in [6, 6.07) is 6.39. The van der Waals surface area contributed by atoms with Crippen molar-refractivity contribution in [2.45, 2.75) is 6.92 Å². The third-order valence-corrected chi connectivity index (χ3v) is 3.63. The molecule has 0 bridgehead atoms. The lowest BCUT2D eigenvalue weighted by Crippen LogP contribution is -2.25. The van der Waals surface area contributed by atoms with Gasteiger partial charge in [0, 0.05) is 21.1 Å². The molecule has 1 aromatic heterocycles. The van der Waals surface area contributed by atoms with Crippen molar-refractivity contribution in [3.8, 4) is 0 Å². The Labute approximate surface area is 139 Å². The minimum atomic E-state index is -0.498. The van der Waals surface area contributed by atoms with Crippen LogP contribution in [-0.2, 0) is 7.05 Å². The molecule has 0 saturated carbocycles. The molecule has 0 saturated heterocycles. The normalized spacial score (nSPS) is 10.3. The van der Waals surface area contributed by atoms with Gasteiger partial charge in [-0.25, -0.2) is 4.79 Å². The number of carbonyl (C=O) groups excluding carboxylic acids is 2. The van der Waals surface area contributed by atoms with Crippen LogP contribution in [0.25, 0.3) is 0 Å². The van der Waals surface area contributed by atoms with Crippen molar-refractivity contribution < 1.29 is 9.59 Å². The van der Waals surface area contributed by atoms with Gasteiger partial charge in [-0.1, -0.05) is 23.7 Å². The first-order valence-electron chi connectivity index (χ1n) is 6.89. The number of nitrogens with zero attached hydrogens (tertiary/aromatic N) is 3. The lowest BCUT2D eigenvalue weighted by Gasteiger charge is -2.12. The first kappa shape index (κ1) is 16.8. The van der Waals surface area contributed by atoms with E-state index in [2.05, 4.69) is 15.7 Å². The van der Waals surface area contributed by atoms with Gasteiger partial charge in [0.1, 0.15) is 0 Å². The zero-order valence-electron chi connectivity index (χ0n) is 13.3. The third kappa shape index (κ3) is 3.62. The van der Waals surface area contributed by atoms with Crippen LogP contribution in [0, 0.1) is 6.92 Å². The number of anilines is 2. The van der Waals surface area contributed by atoms with Crippen molar-refractivity contribution in [3.63, 3.8) is 0 Å². The third-order valence-electron chi connectivity index (χ3n) is 3.30. The Morgan fingerprint density at radius 2 is 1.87 bits per heavy atom. The summed E-state index contributed by atoms with van der Waals surface area (Å²) in [5.41, 5.74) is 1.71. The number of hydrogen-bond acceptors (Lipinski definition) is 3. The molecular formula is C15H18ClN5O2. The number of urea groups is 1. The molecule has 0 unspecified atom stereocenters. The minimum absolute atomic E-state index is 0.185. The Morgan fingerprint density at radius 3 is 2.48 bits per heavy atom. The van der Waals surface area contributed by atoms with Crippen LogP contribution < -0.4 is 10.6 Å². The van der Waals surface area contributed by atoms with E-state index in [-0.39, 0.29) is 11.6 Å². The van der Waals surface area contributed by atoms with Crippen LogP contribution in [0.2, 0.25) is 5.02 Å². The summed E-state index contributed by atoms with van der Waals surface area (Å²) in [4.78, 5) is 25.8. The molecule has 7 nitrogen and oxygen atoms in total. The molecule has 2 rings (SSSR count). The number of aromatic nitrogens is 2. The van der Waals surface area contributed by atoms with E-state index in [0.29, 0.717) is 22.1 Å². The second-order valence-electron chi connectivity index (χ2n) is 5.19. The van der Waals surface area contributed by atoms with Crippen LogP contribution in [0.1, 0.15) is 16.2 Å². The maximum absolute atomic E-state index is 12.2. The first-order valence-corrected chi connectivity index (χ1v) is 7.27. The van der Waals surface area contributed by atoms with Gasteiger partial charge in [0.05, 0.1) is 22.1 Å². The smallest absolute Gasteiger partial charge is 0.323 e. The second kappa shape index (κ2) is 6.70. The molecule has 0 spiro atoms. The van der Waals surface area contributed by atoms with Crippen LogP contribution in [-0.4, -0.2) is 40.7 Å². The van der Waals surface area contributed by atoms with Gasteiger partial charge in [-0.2, -0.15) is 5.10 Å². The van der Waals surface area contributed by atoms with E-state index in [1.807, 2.05) is 0 Å². The number of halogens is 1. The van der Waals surface area contributed by atoms with Crippen LogP contribution in [0.3, 0.4) is 0 Å². The molecule has 0 fully saturated rings. The quantitative estimate of drug-likeness (QED) is 0.905. The lowest BCUT2D eigenvalue weighted by atomic mass is 10.2. The van der Waals surface area contributed by atoms with E-state index in [1.165, 1.54) is 4.90 Å². The molecule has 2 N–H and O–H groups in total. The molecule has 1 heterocycles. The highest BCUT2D eigenvalue weighted by atomic mass is 35.5. The van der Waals surface area contributed by atoms with Crippen molar-refractivity contribution >= 4 is 34.9 Å². The molecule has 0 radical (unpaired) electrons. The molecule has 8 heteroatoms. The molecule has 1 aromatic carbocycles. The van der Waals surface area contributed by atoms with Crippen LogP contribution in [0.4, 0.5) is 16.2 Å². The van der Waals surface area contributed by atoms with E-state index in [1.54, 1.807) is 57.0 Å². The van der Waals surface area contributed by atoms with Crippen molar-refractivity contribution in [3.05, 3.63) is 40.7 Å². The van der Waals surface area contributed by atoms with Gasteiger partial charge in [-0.05, 0) is 19.1 Å². The minimum Gasteiger partial charge on any atom is -0.343 e. The Morgan fingerprint density at radius 1 is 1.22 bits per heavy atom. The highest BCUT2D eigenvalue weighted by Gasteiger charge is 2.22. The van der Waals surface area contributed by atoms with E-state index in [0.717, 1.165) is 0 Å². The van der Waals surface area contributed by atoms with Crippen LogP contribution in [0.15, 0.2) is 24.3 Å². The highest BCUT2D eigenvalue weighted by Crippen LogP contribution is 2.23. The summed E-state index contributed by atoms with van der Waals surface area (Å²) < 4.78 is 1.54. The van der Waals surface area contributed by atoms with Gasteiger partial charge in [-0.15, -0.1) is 0 Å². The summed E-state index contributed by atoms with van der Waals surface area (Å²) in [6.45, 7) is 1.77. The molecule has 0 aliphatic rings. The zero-order valence-corrected chi connectivity index (χ0v) is 14.1. The monoisotopic (exact) mass is 335 g/mol. The standard InChI is InChI=1S/C15H18ClN5O2/c1-9-12(13(19-21(9)4)14(22)20(2)3)18-15(23)17-11-8-6-5-7-10(11)16/h5-8H,1-4H3,(H2,17,18,23). The van der Waals surface area contributed by atoms with Crippen LogP contribution >= 0.6 is 11.6 Å².